The van der Waals surface area contributed by atoms with Crippen LogP contribution in [0.15, 0.2) is 41.4 Å². The second-order valence-corrected chi connectivity index (χ2v) is 4.90. The van der Waals surface area contributed by atoms with Gasteiger partial charge in [0.2, 0.25) is 6.08 Å². The van der Waals surface area contributed by atoms with Crippen LogP contribution in [0.5, 0.6) is 0 Å². The Morgan fingerprint density at radius 3 is 2.59 bits per heavy atom. The molecule has 0 saturated carbocycles. The van der Waals surface area contributed by atoms with Crippen LogP contribution in [0.2, 0.25) is 0 Å². The number of hydrogen-bond donors (Lipinski definition) is 0. The van der Waals surface area contributed by atoms with Crippen molar-refractivity contribution < 1.29 is 9.59 Å². The third-order valence-electron chi connectivity index (χ3n) is 3.04. The molecule has 90 valence electrons. The number of allylic oxidation sites excluding steroid dienone is 3. The average Bonchev–Trinajstić information content (AvgIpc) is 2.25. The van der Waals surface area contributed by atoms with Crippen molar-refractivity contribution in [2.24, 2.45) is 16.3 Å². The minimum atomic E-state index is -0.721. The first kappa shape index (κ1) is 13.3. The first-order valence-electron chi connectivity index (χ1n) is 5.53. The molecule has 1 aliphatic rings. The van der Waals surface area contributed by atoms with E-state index in [1.807, 2.05) is 38.2 Å². The molecule has 0 aromatic carbocycles. The quantitative estimate of drug-likeness (QED) is 0.424. The number of carbonyl (C=O) groups excluding carboxylic acids is 2. The molecule has 17 heavy (non-hydrogen) atoms. The minimum absolute atomic E-state index is 0.141. The van der Waals surface area contributed by atoms with Crippen LogP contribution in [-0.2, 0) is 9.59 Å². The minimum Gasteiger partial charge on any atom is -0.292 e. The van der Waals surface area contributed by atoms with Crippen molar-refractivity contribution in [1.82, 2.24) is 0 Å². The molecule has 0 saturated heterocycles. The van der Waals surface area contributed by atoms with Crippen LogP contribution in [0.25, 0.3) is 0 Å². The summed E-state index contributed by atoms with van der Waals surface area (Å²) in [4.78, 5) is 26.1. The molecule has 3 nitrogen and oxygen atoms in total. The summed E-state index contributed by atoms with van der Waals surface area (Å²) in [6, 6.07) is -0.721. The van der Waals surface area contributed by atoms with Gasteiger partial charge in [0, 0.05) is 5.92 Å². The molecule has 0 heterocycles. The van der Waals surface area contributed by atoms with Gasteiger partial charge in [0.1, 0.15) is 6.04 Å². The van der Waals surface area contributed by atoms with Crippen LogP contribution in [0.1, 0.15) is 20.8 Å². The van der Waals surface area contributed by atoms with E-state index in [-0.39, 0.29) is 17.1 Å². The first-order valence-corrected chi connectivity index (χ1v) is 5.53. The van der Waals surface area contributed by atoms with E-state index in [1.165, 1.54) is 6.08 Å². The summed E-state index contributed by atoms with van der Waals surface area (Å²) >= 11 is 0. The Labute approximate surface area is 102 Å². The Kier molecular flexibility index (Phi) is 3.97. The highest BCUT2D eigenvalue weighted by atomic mass is 16.1. The molecular formula is C14H17NO2. The Bertz CT molecular complexity index is 437. The monoisotopic (exact) mass is 231 g/mol. The van der Waals surface area contributed by atoms with Gasteiger partial charge in [-0.3, -0.25) is 4.79 Å². The predicted octanol–water partition coefficient (Wildman–Crippen LogP) is 2.60. The number of Topliss-reactive ketones (excluding diaryl/α,β-unsaturated/α-hetero) is 1. The molecule has 2 unspecified atom stereocenters. The van der Waals surface area contributed by atoms with Crippen molar-refractivity contribution in [3.05, 3.63) is 36.5 Å². The molecule has 1 rings (SSSR count). The molecule has 0 amide bonds. The lowest BCUT2D eigenvalue weighted by Gasteiger charge is -2.34. The summed E-state index contributed by atoms with van der Waals surface area (Å²) < 4.78 is 0. The summed E-state index contributed by atoms with van der Waals surface area (Å²) in [5, 5.41) is 0. The van der Waals surface area contributed by atoms with Crippen molar-refractivity contribution in [2.45, 2.75) is 26.8 Å². The van der Waals surface area contributed by atoms with Crippen LogP contribution >= 0.6 is 0 Å². The third kappa shape index (κ3) is 2.89. The molecule has 1 aliphatic carbocycles. The molecule has 0 bridgehead atoms. The molecule has 0 aromatic heterocycles. The van der Waals surface area contributed by atoms with Gasteiger partial charge in [0.15, 0.2) is 5.78 Å². The highest BCUT2D eigenvalue weighted by Gasteiger charge is 2.37. The molecule has 0 aliphatic heterocycles. The van der Waals surface area contributed by atoms with Crippen molar-refractivity contribution >= 4 is 11.9 Å². The normalized spacial score (nSPS) is 22.6. The summed E-state index contributed by atoms with van der Waals surface area (Å²) in [5.74, 6) is -0.343. The van der Waals surface area contributed by atoms with E-state index >= 15 is 0 Å². The molecule has 0 radical (unpaired) electrons. The lowest BCUT2D eigenvalue weighted by atomic mass is 9.71. The molecule has 2 atom stereocenters. The zero-order chi connectivity index (χ0) is 13.1. The Hall–Kier alpha value is -1.73. The number of ketones is 1. The number of rotatable bonds is 4. The van der Waals surface area contributed by atoms with Crippen molar-refractivity contribution in [3.63, 3.8) is 0 Å². The second kappa shape index (κ2) is 5.07. The molecule has 0 N–H and O–H groups in total. The van der Waals surface area contributed by atoms with Gasteiger partial charge in [-0.05, 0) is 17.9 Å². The van der Waals surface area contributed by atoms with Gasteiger partial charge < -0.3 is 0 Å². The summed E-state index contributed by atoms with van der Waals surface area (Å²) in [6.45, 7) is 9.27. The molecule has 0 aromatic rings. The first-order chi connectivity index (χ1) is 7.90. The lowest BCUT2D eigenvalue weighted by molar-refractivity contribution is -0.118. The zero-order valence-corrected chi connectivity index (χ0v) is 10.4. The zero-order valence-electron chi connectivity index (χ0n) is 10.4. The van der Waals surface area contributed by atoms with Crippen LogP contribution in [-0.4, -0.2) is 17.9 Å². The molecule has 3 heteroatoms. The number of carbonyl (C=O) groups is 1. The summed E-state index contributed by atoms with van der Waals surface area (Å²) in [6.07, 6.45) is 9.22. The fraction of sp³-hybridized carbons (Fsp3) is 0.429. The molecular weight excluding hydrogens is 214 g/mol. The summed E-state index contributed by atoms with van der Waals surface area (Å²) in [5.41, 5.74) is 0.193. The maximum Gasteiger partial charge on any atom is 0.235 e. The van der Waals surface area contributed by atoms with Gasteiger partial charge in [-0.1, -0.05) is 44.7 Å². The van der Waals surface area contributed by atoms with Crippen molar-refractivity contribution in [3.8, 4) is 0 Å². The van der Waals surface area contributed by atoms with Gasteiger partial charge in [-0.25, -0.2) is 4.79 Å². The Morgan fingerprint density at radius 2 is 2.12 bits per heavy atom. The van der Waals surface area contributed by atoms with Gasteiger partial charge in [-0.2, -0.15) is 4.99 Å². The highest BCUT2D eigenvalue weighted by Crippen LogP contribution is 2.36. The Morgan fingerprint density at radius 1 is 1.47 bits per heavy atom. The van der Waals surface area contributed by atoms with E-state index in [4.69, 9.17) is 0 Å². The van der Waals surface area contributed by atoms with Crippen LogP contribution in [0.4, 0.5) is 0 Å². The topological polar surface area (TPSA) is 46.5 Å². The van der Waals surface area contributed by atoms with Gasteiger partial charge in [0.05, 0.1) is 0 Å². The average molecular weight is 231 g/mol. The fourth-order valence-electron chi connectivity index (χ4n) is 1.97. The van der Waals surface area contributed by atoms with E-state index in [1.54, 1.807) is 6.92 Å². The smallest absolute Gasteiger partial charge is 0.235 e. The Balaban J connectivity index is 3.12. The standard InChI is InChI=1S/C14H17NO2/c1-10(2)13(17)12(15-9-16)11-7-5-6-8-14(11,3)4/h5-8,11-12H,1H2,2-4H3. The molecule has 0 fully saturated rings. The maximum absolute atomic E-state index is 12.0. The highest BCUT2D eigenvalue weighted by molar-refractivity contribution is 5.99. The van der Waals surface area contributed by atoms with Crippen molar-refractivity contribution in [2.75, 3.05) is 0 Å². The lowest BCUT2D eigenvalue weighted by Crippen LogP contribution is -2.37. The van der Waals surface area contributed by atoms with Crippen molar-refractivity contribution in [1.29, 1.82) is 0 Å². The number of hydrogen-bond acceptors (Lipinski definition) is 3. The number of nitrogens with zero attached hydrogens (tertiary/aromatic N) is 1. The predicted molar refractivity (Wildman–Crippen MR) is 67.3 cm³/mol. The maximum atomic E-state index is 12.0. The summed E-state index contributed by atoms with van der Waals surface area (Å²) in [7, 11) is 0. The van der Waals surface area contributed by atoms with Gasteiger partial charge >= 0.3 is 0 Å². The third-order valence-corrected chi connectivity index (χ3v) is 3.04. The molecule has 0 spiro atoms. The largest absolute Gasteiger partial charge is 0.292 e. The van der Waals surface area contributed by atoms with E-state index in [9.17, 15) is 9.59 Å². The number of isocyanates is 1. The van der Waals surface area contributed by atoms with E-state index in [0.29, 0.717) is 5.57 Å². The van der Waals surface area contributed by atoms with Gasteiger partial charge in [-0.15, -0.1) is 0 Å². The fourth-order valence-corrected chi connectivity index (χ4v) is 1.97. The van der Waals surface area contributed by atoms with E-state index in [2.05, 4.69) is 11.6 Å². The van der Waals surface area contributed by atoms with Crippen LogP contribution in [0.3, 0.4) is 0 Å². The second-order valence-electron chi connectivity index (χ2n) is 4.90. The van der Waals surface area contributed by atoms with Crippen LogP contribution in [0, 0.1) is 11.3 Å². The SMILES string of the molecule is C=C(C)C(=O)C(N=C=O)C1C=CC=CC1(C)C. The number of aliphatic imine (C=N–C) groups is 1. The van der Waals surface area contributed by atoms with E-state index in [0.717, 1.165) is 0 Å². The van der Waals surface area contributed by atoms with Gasteiger partial charge in [0.25, 0.3) is 0 Å². The van der Waals surface area contributed by atoms with Crippen LogP contribution < -0.4 is 0 Å². The van der Waals surface area contributed by atoms with E-state index < -0.39 is 6.04 Å².